The first-order valence-electron chi connectivity index (χ1n) is 7.42. The van der Waals surface area contributed by atoms with Crippen LogP contribution in [0.25, 0.3) is 0 Å². The average Bonchev–Trinajstić information content (AvgIpc) is 3.14. The predicted octanol–water partition coefficient (Wildman–Crippen LogP) is 3.67. The zero-order valence-corrected chi connectivity index (χ0v) is 15.3. The summed E-state index contributed by atoms with van der Waals surface area (Å²) < 4.78 is 5.35. The largest absolute Gasteiger partial charge is 0.495 e. The second-order valence-electron chi connectivity index (χ2n) is 5.24. The Hall–Kier alpha value is -2.06. The third-order valence-corrected chi connectivity index (χ3v) is 5.56. The van der Waals surface area contributed by atoms with Gasteiger partial charge in [0.15, 0.2) is 10.3 Å². The molecule has 24 heavy (non-hydrogen) atoms. The van der Waals surface area contributed by atoms with Gasteiger partial charge in [-0.05, 0) is 19.1 Å². The number of hydrogen-bond acceptors (Lipinski definition) is 7. The maximum atomic E-state index is 11.2. The smallest absolute Gasteiger partial charge is 0.223 e. The van der Waals surface area contributed by atoms with E-state index in [1.165, 1.54) is 18.3 Å². The predicted molar refractivity (Wildman–Crippen MR) is 100 cm³/mol. The first kappa shape index (κ1) is 16.8. The minimum Gasteiger partial charge on any atom is -0.495 e. The number of carbonyl (C=O) groups is 1. The Balaban J connectivity index is 1.76. The summed E-state index contributed by atoms with van der Waals surface area (Å²) in [6, 6.07) is 7.80. The third-order valence-electron chi connectivity index (χ3n) is 3.42. The van der Waals surface area contributed by atoms with Crippen molar-refractivity contribution < 1.29 is 9.53 Å². The molecule has 2 heterocycles. The van der Waals surface area contributed by atoms with Gasteiger partial charge in [0.25, 0.3) is 0 Å². The first-order valence-corrected chi connectivity index (χ1v) is 9.22. The fourth-order valence-electron chi connectivity index (χ4n) is 2.36. The number of hydrogen-bond donors (Lipinski definition) is 2. The molecule has 0 saturated carbocycles. The van der Waals surface area contributed by atoms with Gasteiger partial charge in [-0.15, -0.1) is 0 Å². The maximum Gasteiger partial charge on any atom is 0.223 e. The molecule has 1 amide bonds. The van der Waals surface area contributed by atoms with Gasteiger partial charge < -0.3 is 15.4 Å². The molecule has 1 aliphatic rings. The fraction of sp³-hybridized carbons (Fsp3) is 0.312. The molecule has 0 aliphatic carbocycles. The summed E-state index contributed by atoms with van der Waals surface area (Å²) in [6.45, 7) is 3.43. The summed E-state index contributed by atoms with van der Waals surface area (Å²) in [5.74, 6) is 1.52. The molecule has 0 radical (unpaired) electrons. The van der Waals surface area contributed by atoms with Gasteiger partial charge in [0, 0.05) is 12.7 Å². The molecule has 1 aliphatic heterocycles. The number of carbonyl (C=O) groups excluding carboxylic acids is 1. The number of rotatable bonds is 4. The van der Waals surface area contributed by atoms with Crippen molar-refractivity contribution in [1.82, 2.24) is 4.98 Å². The molecule has 3 rings (SSSR count). The minimum atomic E-state index is -0.113. The molecule has 8 heteroatoms. The number of anilines is 2. The summed E-state index contributed by atoms with van der Waals surface area (Å²) in [4.78, 5) is 21.4. The van der Waals surface area contributed by atoms with Crippen LogP contribution in [0.1, 0.15) is 23.5 Å². The standard InChI is InChI=1S/C16H18N4O2S2/c1-9-14(24-16(17-9)18-10(2)21)12-8-23-15(20-12)19-11-6-4-5-7-13(11)22-3/h4-7,12H,8H2,1-3H3,(H,19,20)(H,17,18,21). The number of para-hydroxylation sites is 2. The number of ether oxygens (including phenoxy) is 1. The highest BCUT2D eigenvalue weighted by Crippen LogP contribution is 2.38. The van der Waals surface area contributed by atoms with Crippen molar-refractivity contribution >= 4 is 45.0 Å². The Morgan fingerprint density at radius 3 is 2.92 bits per heavy atom. The van der Waals surface area contributed by atoms with E-state index in [1.54, 1.807) is 18.9 Å². The van der Waals surface area contributed by atoms with E-state index in [4.69, 9.17) is 9.73 Å². The van der Waals surface area contributed by atoms with E-state index in [0.29, 0.717) is 5.13 Å². The summed E-state index contributed by atoms with van der Waals surface area (Å²) in [7, 11) is 1.65. The number of aliphatic imine (C=N–C) groups is 1. The summed E-state index contributed by atoms with van der Waals surface area (Å²) in [5, 5.41) is 7.54. The van der Waals surface area contributed by atoms with Crippen LogP contribution in [0.2, 0.25) is 0 Å². The lowest BCUT2D eigenvalue weighted by molar-refractivity contribution is -0.114. The third kappa shape index (κ3) is 3.70. The van der Waals surface area contributed by atoms with Crippen LogP contribution in [0.5, 0.6) is 5.75 Å². The van der Waals surface area contributed by atoms with Crippen LogP contribution < -0.4 is 15.4 Å². The molecule has 1 unspecified atom stereocenters. The summed E-state index contributed by atoms with van der Waals surface area (Å²) in [6.07, 6.45) is 0. The molecule has 1 aromatic carbocycles. The number of aromatic nitrogens is 1. The van der Waals surface area contributed by atoms with Gasteiger partial charge in [-0.2, -0.15) is 0 Å². The highest BCUT2D eigenvalue weighted by atomic mass is 32.2. The lowest BCUT2D eigenvalue weighted by Gasteiger charge is -2.09. The molecule has 0 spiro atoms. The van der Waals surface area contributed by atoms with Crippen LogP contribution in [0, 0.1) is 6.92 Å². The monoisotopic (exact) mass is 362 g/mol. The van der Waals surface area contributed by atoms with Gasteiger partial charge in [0.1, 0.15) is 5.75 Å². The average molecular weight is 362 g/mol. The Morgan fingerprint density at radius 2 is 2.17 bits per heavy atom. The van der Waals surface area contributed by atoms with Gasteiger partial charge in [-0.3, -0.25) is 9.79 Å². The zero-order chi connectivity index (χ0) is 17.1. The summed E-state index contributed by atoms with van der Waals surface area (Å²) in [5.41, 5.74) is 1.81. The molecule has 1 aromatic heterocycles. The minimum absolute atomic E-state index is 0.0483. The molecule has 126 valence electrons. The molecule has 6 nitrogen and oxygen atoms in total. The first-order chi connectivity index (χ1) is 11.6. The van der Waals surface area contributed by atoms with Crippen molar-refractivity contribution in [3.63, 3.8) is 0 Å². The summed E-state index contributed by atoms with van der Waals surface area (Å²) >= 11 is 3.15. The number of methoxy groups -OCH3 is 1. The molecule has 0 fully saturated rings. The van der Waals surface area contributed by atoms with Gasteiger partial charge in [-0.25, -0.2) is 4.98 Å². The lowest BCUT2D eigenvalue weighted by atomic mass is 10.2. The van der Waals surface area contributed by atoms with Crippen molar-refractivity contribution in [3.05, 3.63) is 34.8 Å². The lowest BCUT2D eigenvalue weighted by Crippen LogP contribution is -2.06. The van der Waals surface area contributed by atoms with E-state index in [2.05, 4.69) is 15.6 Å². The number of nitrogens with one attached hydrogen (secondary N) is 2. The second-order valence-corrected chi connectivity index (χ2v) is 7.28. The number of thiazole rings is 1. The maximum absolute atomic E-state index is 11.2. The van der Waals surface area contributed by atoms with Crippen LogP contribution in [-0.2, 0) is 4.79 Å². The van der Waals surface area contributed by atoms with E-state index in [1.807, 2.05) is 31.2 Å². The molecule has 0 bridgehead atoms. The highest BCUT2D eigenvalue weighted by Gasteiger charge is 2.25. The van der Waals surface area contributed by atoms with Crippen molar-refractivity contribution in [3.8, 4) is 5.75 Å². The molecular weight excluding hydrogens is 344 g/mol. The van der Waals surface area contributed by atoms with Gasteiger partial charge in [-0.1, -0.05) is 35.2 Å². The Labute approximate surface area is 148 Å². The quantitative estimate of drug-likeness (QED) is 0.868. The molecule has 2 N–H and O–H groups in total. The topological polar surface area (TPSA) is 75.6 Å². The van der Waals surface area contributed by atoms with Crippen molar-refractivity contribution in [2.75, 3.05) is 23.5 Å². The van der Waals surface area contributed by atoms with Crippen LogP contribution >= 0.6 is 23.1 Å². The van der Waals surface area contributed by atoms with Gasteiger partial charge >= 0.3 is 0 Å². The highest BCUT2D eigenvalue weighted by molar-refractivity contribution is 8.14. The fourth-order valence-corrected chi connectivity index (χ4v) is 4.46. The molecule has 2 aromatic rings. The molecule has 0 saturated heterocycles. The number of benzene rings is 1. The Kier molecular flexibility index (Phi) is 5.06. The normalized spacial score (nSPS) is 16.6. The van der Waals surface area contributed by atoms with E-state index in [-0.39, 0.29) is 11.9 Å². The van der Waals surface area contributed by atoms with Crippen LogP contribution in [0.3, 0.4) is 0 Å². The molecule has 1 atom stereocenters. The number of amides is 1. The van der Waals surface area contributed by atoms with Crippen LogP contribution in [0.4, 0.5) is 10.8 Å². The Bertz CT molecular complexity index is 788. The zero-order valence-electron chi connectivity index (χ0n) is 13.6. The number of nitrogens with zero attached hydrogens (tertiary/aromatic N) is 2. The number of aryl methyl sites for hydroxylation is 1. The van der Waals surface area contributed by atoms with E-state index >= 15 is 0 Å². The van der Waals surface area contributed by atoms with E-state index < -0.39 is 0 Å². The number of amidine groups is 1. The van der Waals surface area contributed by atoms with E-state index in [9.17, 15) is 4.79 Å². The van der Waals surface area contributed by atoms with Gasteiger partial charge in [0.2, 0.25) is 5.91 Å². The Morgan fingerprint density at radius 1 is 1.38 bits per heavy atom. The van der Waals surface area contributed by atoms with Gasteiger partial charge in [0.05, 0.1) is 29.4 Å². The SMILES string of the molecule is COc1ccccc1NC1=NC(c2sc(NC(C)=O)nc2C)CS1. The molecular formula is C16H18N4O2S2. The number of thioether (sulfide) groups is 1. The van der Waals surface area contributed by atoms with Crippen molar-refractivity contribution in [2.24, 2.45) is 4.99 Å². The van der Waals surface area contributed by atoms with Crippen LogP contribution in [-0.4, -0.2) is 28.9 Å². The van der Waals surface area contributed by atoms with Crippen LogP contribution in [0.15, 0.2) is 29.3 Å². The van der Waals surface area contributed by atoms with Crippen molar-refractivity contribution in [1.29, 1.82) is 0 Å². The van der Waals surface area contributed by atoms with Crippen molar-refractivity contribution in [2.45, 2.75) is 19.9 Å². The second kappa shape index (κ2) is 7.23. The van der Waals surface area contributed by atoms with E-state index in [0.717, 1.165) is 32.9 Å².